The highest BCUT2D eigenvalue weighted by Crippen LogP contribution is 2.14. The van der Waals surface area contributed by atoms with Crippen molar-refractivity contribution in [1.82, 2.24) is 9.99 Å². The number of carbonyl (C=O) groups excluding carboxylic acids is 2. The number of nitrogens with one attached hydrogen (secondary N) is 2. The Labute approximate surface area is 163 Å². The Bertz CT molecular complexity index is 960. The molecule has 8 nitrogen and oxygen atoms in total. The van der Waals surface area contributed by atoms with Crippen LogP contribution in [0, 0.1) is 13.8 Å². The number of benzene rings is 1. The van der Waals surface area contributed by atoms with Crippen LogP contribution in [0.2, 0.25) is 0 Å². The van der Waals surface area contributed by atoms with E-state index in [9.17, 15) is 18.0 Å². The van der Waals surface area contributed by atoms with Gasteiger partial charge in [0.1, 0.15) is 5.75 Å². The van der Waals surface area contributed by atoms with Crippen molar-refractivity contribution >= 4 is 21.7 Å². The molecule has 0 radical (unpaired) electrons. The Morgan fingerprint density at radius 2 is 1.75 bits per heavy atom. The fraction of sp³-hybridized carbons (Fsp3) is 0.368. The summed E-state index contributed by atoms with van der Waals surface area (Å²) in [5, 5.41) is 2.66. The van der Waals surface area contributed by atoms with Gasteiger partial charge >= 0.3 is 0 Å². The molecule has 1 atom stereocenters. The maximum absolute atomic E-state index is 12.4. The molecule has 1 aliphatic heterocycles. The van der Waals surface area contributed by atoms with Gasteiger partial charge in [0.05, 0.1) is 11.5 Å². The second-order valence-electron chi connectivity index (χ2n) is 6.87. The summed E-state index contributed by atoms with van der Waals surface area (Å²) in [6.07, 6.45) is 0.429. The van der Waals surface area contributed by atoms with Crippen LogP contribution < -0.4 is 15.5 Å². The zero-order valence-corrected chi connectivity index (χ0v) is 16.6. The van der Waals surface area contributed by atoms with Crippen molar-refractivity contribution in [2.45, 2.75) is 26.3 Å². The van der Waals surface area contributed by atoms with Crippen LogP contribution in [0.15, 0.2) is 36.4 Å². The van der Waals surface area contributed by atoms with Gasteiger partial charge in [-0.3, -0.25) is 19.7 Å². The molecule has 0 spiro atoms. The number of aryl methyl sites for hydroxylation is 2. The molecule has 0 aliphatic carbocycles. The highest BCUT2D eigenvalue weighted by Gasteiger charge is 2.28. The maximum atomic E-state index is 12.4. The molecule has 1 aromatic carbocycles. The first-order valence-electron chi connectivity index (χ1n) is 8.92. The monoisotopic (exact) mass is 405 g/mol. The zero-order valence-electron chi connectivity index (χ0n) is 15.8. The quantitative estimate of drug-likeness (QED) is 0.750. The van der Waals surface area contributed by atoms with Gasteiger partial charge in [-0.15, -0.1) is 0 Å². The van der Waals surface area contributed by atoms with E-state index < -0.39 is 9.84 Å². The molecule has 2 heterocycles. The minimum Gasteiger partial charge on any atom is -0.484 e. The lowest BCUT2D eigenvalue weighted by Crippen LogP contribution is -2.38. The third-order valence-corrected chi connectivity index (χ3v) is 6.34. The summed E-state index contributed by atoms with van der Waals surface area (Å²) in [4.78, 5) is 24.3. The van der Waals surface area contributed by atoms with Gasteiger partial charge in [-0.25, -0.2) is 8.42 Å². The van der Waals surface area contributed by atoms with E-state index in [1.54, 1.807) is 28.9 Å². The standard InChI is InChI=1S/C19H23N3O5S/c1-13-3-4-14(2)22(13)21-19(24)15-5-7-17(8-6-15)27-11-18(23)20-16-9-10-28(25,26)12-16/h3-8,16H,9-12H2,1-2H3,(H,20,23)(H,21,24)/t16-/m1/s1. The fourth-order valence-corrected chi connectivity index (χ4v) is 4.71. The van der Waals surface area contributed by atoms with E-state index in [1.165, 1.54) is 0 Å². The lowest BCUT2D eigenvalue weighted by molar-refractivity contribution is -0.123. The average Bonchev–Trinajstić information content (AvgIpc) is 3.15. The van der Waals surface area contributed by atoms with Crippen molar-refractivity contribution in [3.63, 3.8) is 0 Å². The normalized spacial score (nSPS) is 17.9. The molecule has 2 aromatic rings. The Balaban J connectivity index is 1.50. The summed E-state index contributed by atoms with van der Waals surface area (Å²) >= 11 is 0. The van der Waals surface area contributed by atoms with Crippen molar-refractivity contribution in [3.05, 3.63) is 53.3 Å². The van der Waals surface area contributed by atoms with Crippen molar-refractivity contribution in [2.24, 2.45) is 0 Å². The first kappa shape index (κ1) is 19.9. The van der Waals surface area contributed by atoms with E-state index in [4.69, 9.17) is 4.74 Å². The van der Waals surface area contributed by atoms with E-state index in [-0.39, 0.29) is 36.0 Å². The van der Waals surface area contributed by atoms with E-state index in [0.29, 0.717) is 17.7 Å². The minimum absolute atomic E-state index is 0.0249. The number of hydrogen-bond donors (Lipinski definition) is 2. The number of nitrogens with zero attached hydrogens (tertiary/aromatic N) is 1. The Morgan fingerprint density at radius 3 is 2.32 bits per heavy atom. The largest absolute Gasteiger partial charge is 0.484 e. The van der Waals surface area contributed by atoms with Gasteiger partial charge in [0.25, 0.3) is 11.8 Å². The van der Waals surface area contributed by atoms with Crippen molar-refractivity contribution in [2.75, 3.05) is 23.5 Å². The van der Waals surface area contributed by atoms with Crippen LogP contribution in [0.5, 0.6) is 5.75 Å². The molecule has 1 aromatic heterocycles. The van der Waals surface area contributed by atoms with Crippen molar-refractivity contribution in [1.29, 1.82) is 0 Å². The second kappa shape index (κ2) is 8.05. The van der Waals surface area contributed by atoms with Crippen LogP contribution >= 0.6 is 0 Å². The summed E-state index contributed by atoms with van der Waals surface area (Å²) in [6.45, 7) is 3.58. The van der Waals surface area contributed by atoms with Crippen LogP contribution in [0.4, 0.5) is 0 Å². The van der Waals surface area contributed by atoms with Gasteiger partial charge in [0.15, 0.2) is 16.4 Å². The summed E-state index contributed by atoms with van der Waals surface area (Å²) in [5.74, 6) is -0.108. The molecule has 0 unspecified atom stereocenters. The maximum Gasteiger partial charge on any atom is 0.270 e. The van der Waals surface area contributed by atoms with E-state index in [1.807, 2.05) is 26.0 Å². The predicted molar refractivity (Wildman–Crippen MR) is 105 cm³/mol. The lowest BCUT2D eigenvalue weighted by Gasteiger charge is -2.13. The molecular formula is C19H23N3O5S. The van der Waals surface area contributed by atoms with Gasteiger partial charge in [0, 0.05) is 23.0 Å². The summed E-state index contributed by atoms with van der Waals surface area (Å²) in [5.41, 5.74) is 5.12. The molecule has 2 amide bonds. The molecular weight excluding hydrogens is 382 g/mol. The Kier molecular flexibility index (Phi) is 5.73. The zero-order chi connectivity index (χ0) is 20.3. The molecule has 1 fully saturated rings. The van der Waals surface area contributed by atoms with Crippen LogP contribution in [-0.2, 0) is 14.6 Å². The molecule has 2 N–H and O–H groups in total. The molecule has 0 bridgehead atoms. The first-order valence-corrected chi connectivity index (χ1v) is 10.7. The van der Waals surface area contributed by atoms with Gasteiger partial charge in [0.2, 0.25) is 0 Å². The van der Waals surface area contributed by atoms with Gasteiger partial charge < -0.3 is 10.1 Å². The highest BCUT2D eigenvalue weighted by molar-refractivity contribution is 7.91. The third-order valence-electron chi connectivity index (χ3n) is 4.57. The summed E-state index contributed by atoms with van der Waals surface area (Å²) in [6, 6.07) is 9.92. The Hall–Kier alpha value is -2.81. The second-order valence-corrected chi connectivity index (χ2v) is 9.10. The number of aromatic nitrogens is 1. The number of amides is 2. The van der Waals surface area contributed by atoms with Crippen LogP contribution in [-0.4, -0.2) is 49.1 Å². The number of hydrogen-bond acceptors (Lipinski definition) is 5. The topological polar surface area (TPSA) is 106 Å². The first-order chi connectivity index (χ1) is 13.2. The van der Waals surface area contributed by atoms with E-state index >= 15 is 0 Å². The van der Waals surface area contributed by atoms with E-state index in [0.717, 1.165) is 11.4 Å². The van der Waals surface area contributed by atoms with E-state index in [2.05, 4.69) is 10.7 Å². The molecule has 1 saturated heterocycles. The van der Waals surface area contributed by atoms with Crippen LogP contribution in [0.25, 0.3) is 0 Å². The molecule has 9 heteroatoms. The van der Waals surface area contributed by atoms with Crippen LogP contribution in [0.1, 0.15) is 28.2 Å². The summed E-state index contributed by atoms with van der Waals surface area (Å²) in [7, 11) is -3.04. The third kappa shape index (κ3) is 4.92. The Morgan fingerprint density at radius 1 is 1.11 bits per heavy atom. The number of rotatable bonds is 6. The van der Waals surface area contributed by atoms with Crippen molar-refractivity contribution in [3.8, 4) is 5.75 Å². The number of sulfone groups is 1. The molecule has 28 heavy (non-hydrogen) atoms. The minimum atomic E-state index is -3.04. The fourth-order valence-electron chi connectivity index (χ4n) is 3.04. The molecule has 1 aliphatic rings. The molecule has 0 saturated carbocycles. The van der Waals surface area contributed by atoms with Crippen molar-refractivity contribution < 1.29 is 22.7 Å². The van der Waals surface area contributed by atoms with Gasteiger partial charge in [-0.05, 0) is 56.7 Å². The predicted octanol–water partition coefficient (Wildman–Crippen LogP) is 1.17. The smallest absolute Gasteiger partial charge is 0.270 e. The molecule has 3 rings (SSSR count). The van der Waals surface area contributed by atoms with Crippen LogP contribution in [0.3, 0.4) is 0 Å². The SMILES string of the molecule is Cc1ccc(C)n1NC(=O)c1ccc(OCC(=O)N[C@@H]2CCS(=O)(=O)C2)cc1. The average molecular weight is 405 g/mol. The number of carbonyl (C=O) groups is 2. The van der Waals surface area contributed by atoms with Gasteiger partial charge in [-0.1, -0.05) is 0 Å². The number of ether oxygens (including phenoxy) is 1. The lowest BCUT2D eigenvalue weighted by atomic mass is 10.2. The highest BCUT2D eigenvalue weighted by atomic mass is 32.2. The molecule has 150 valence electrons. The summed E-state index contributed by atoms with van der Waals surface area (Å²) < 4.78 is 29.9. The van der Waals surface area contributed by atoms with Gasteiger partial charge in [-0.2, -0.15) is 0 Å².